The lowest BCUT2D eigenvalue weighted by Crippen LogP contribution is -2.45. The number of rotatable bonds is 6. The summed E-state index contributed by atoms with van der Waals surface area (Å²) in [7, 11) is 0. The zero-order valence-corrected chi connectivity index (χ0v) is 11.5. The minimum absolute atomic E-state index is 0.248. The van der Waals surface area contributed by atoms with Crippen molar-refractivity contribution < 1.29 is 0 Å². The van der Waals surface area contributed by atoms with Crippen LogP contribution in [0.2, 0.25) is 0 Å². The Bertz CT molecular complexity index is 157. The summed E-state index contributed by atoms with van der Waals surface area (Å²) in [6.45, 7) is 9.11. The van der Waals surface area contributed by atoms with Gasteiger partial charge in [0.05, 0.1) is 5.38 Å². The Morgan fingerprint density at radius 2 is 1.64 bits per heavy atom. The van der Waals surface area contributed by atoms with Crippen LogP contribution in [-0.2, 0) is 0 Å². The fraction of sp³-hybridized carbons (Fsp3) is 1.00. The summed E-state index contributed by atoms with van der Waals surface area (Å²) in [6.07, 6.45) is 1.04. The van der Waals surface area contributed by atoms with Crippen molar-refractivity contribution in [1.29, 1.82) is 0 Å². The van der Waals surface area contributed by atoms with E-state index in [4.69, 9.17) is 34.8 Å². The molecule has 0 saturated carbocycles. The van der Waals surface area contributed by atoms with Gasteiger partial charge in [-0.2, -0.15) is 0 Å². The molecule has 0 radical (unpaired) electrons. The van der Waals surface area contributed by atoms with Crippen LogP contribution >= 0.6 is 34.8 Å². The molecule has 0 saturated heterocycles. The molecular formula is C10H20Cl3N. The van der Waals surface area contributed by atoms with E-state index in [0.717, 1.165) is 13.0 Å². The van der Waals surface area contributed by atoms with E-state index < -0.39 is 4.46 Å². The van der Waals surface area contributed by atoms with Gasteiger partial charge >= 0.3 is 0 Å². The number of hydrogen-bond donors (Lipinski definition) is 1. The van der Waals surface area contributed by atoms with Crippen LogP contribution in [-0.4, -0.2) is 16.4 Å². The standard InChI is InChI=1S/C10H20Cl3N/c1-7(2)5-6-14-10(12,13)9(11)8(3)4/h7-9,14H,5-6H2,1-4H3. The summed E-state index contributed by atoms with van der Waals surface area (Å²) in [5.41, 5.74) is 0. The van der Waals surface area contributed by atoms with E-state index in [1.807, 2.05) is 13.8 Å². The molecule has 0 heterocycles. The summed E-state index contributed by atoms with van der Waals surface area (Å²) >= 11 is 18.3. The molecule has 0 aromatic heterocycles. The van der Waals surface area contributed by atoms with Crippen molar-refractivity contribution in [1.82, 2.24) is 5.32 Å². The molecule has 0 bridgehead atoms. The molecule has 0 fully saturated rings. The summed E-state index contributed by atoms with van der Waals surface area (Å²) < 4.78 is -1.02. The van der Waals surface area contributed by atoms with Crippen LogP contribution in [0.15, 0.2) is 0 Å². The second-order valence-corrected chi connectivity index (χ2v) is 6.23. The summed E-state index contributed by atoms with van der Waals surface area (Å²) in [5, 5.41) is 2.79. The monoisotopic (exact) mass is 259 g/mol. The maximum atomic E-state index is 6.10. The van der Waals surface area contributed by atoms with Crippen LogP contribution in [0.4, 0.5) is 0 Å². The SMILES string of the molecule is CC(C)CCNC(Cl)(Cl)C(Cl)C(C)C. The first-order valence-electron chi connectivity index (χ1n) is 5.04. The number of hydrogen-bond acceptors (Lipinski definition) is 1. The first-order valence-corrected chi connectivity index (χ1v) is 6.23. The molecule has 1 unspecified atom stereocenters. The van der Waals surface area contributed by atoms with Gasteiger partial charge in [-0.05, 0) is 24.8 Å². The van der Waals surface area contributed by atoms with Crippen LogP contribution in [0.25, 0.3) is 0 Å². The summed E-state index contributed by atoms with van der Waals surface area (Å²) in [5.74, 6) is 0.887. The van der Waals surface area contributed by atoms with Gasteiger partial charge in [0.2, 0.25) is 0 Å². The van der Waals surface area contributed by atoms with E-state index in [1.165, 1.54) is 0 Å². The highest BCUT2D eigenvalue weighted by Gasteiger charge is 2.34. The third kappa shape index (κ3) is 5.65. The van der Waals surface area contributed by atoms with Crippen LogP contribution in [0.5, 0.6) is 0 Å². The van der Waals surface area contributed by atoms with E-state index in [9.17, 15) is 0 Å². The topological polar surface area (TPSA) is 12.0 Å². The van der Waals surface area contributed by atoms with Gasteiger partial charge in [0.25, 0.3) is 0 Å². The van der Waals surface area contributed by atoms with Crippen molar-refractivity contribution in [2.75, 3.05) is 6.54 Å². The quantitative estimate of drug-likeness (QED) is 0.562. The van der Waals surface area contributed by atoms with E-state index in [-0.39, 0.29) is 11.3 Å². The molecule has 0 aromatic carbocycles. The second kappa shape index (κ2) is 6.42. The first kappa shape index (κ1) is 14.8. The molecule has 4 heteroatoms. The first-order chi connectivity index (χ1) is 6.27. The van der Waals surface area contributed by atoms with E-state index in [0.29, 0.717) is 5.92 Å². The van der Waals surface area contributed by atoms with Crippen LogP contribution in [0, 0.1) is 11.8 Å². The van der Waals surface area contributed by atoms with Crippen molar-refractivity contribution >= 4 is 34.8 Å². The third-order valence-electron chi connectivity index (χ3n) is 2.01. The molecule has 1 atom stereocenters. The normalized spacial score (nSPS) is 15.2. The summed E-state index contributed by atoms with van der Waals surface area (Å²) in [6, 6.07) is 0. The molecule has 0 aliphatic carbocycles. The fourth-order valence-corrected chi connectivity index (χ4v) is 1.81. The predicted molar refractivity (Wildman–Crippen MR) is 66.4 cm³/mol. The average Bonchev–Trinajstić information content (AvgIpc) is 2.01. The van der Waals surface area contributed by atoms with E-state index in [2.05, 4.69) is 19.2 Å². The van der Waals surface area contributed by atoms with Gasteiger partial charge in [0, 0.05) is 0 Å². The molecule has 0 aliphatic heterocycles. The average molecular weight is 261 g/mol. The van der Waals surface area contributed by atoms with Gasteiger partial charge in [-0.3, -0.25) is 5.32 Å². The van der Waals surface area contributed by atoms with Crippen LogP contribution in [0.3, 0.4) is 0 Å². The number of nitrogens with one attached hydrogen (secondary N) is 1. The van der Waals surface area contributed by atoms with Crippen molar-refractivity contribution in [3.05, 3.63) is 0 Å². The van der Waals surface area contributed by atoms with Crippen molar-refractivity contribution in [2.45, 2.75) is 44.0 Å². The van der Waals surface area contributed by atoms with Crippen molar-refractivity contribution in [2.24, 2.45) is 11.8 Å². The smallest absolute Gasteiger partial charge is 0.185 e. The highest BCUT2D eigenvalue weighted by molar-refractivity contribution is 6.52. The number of halogens is 3. The highest BCUT2D eigenvalue weighted by Crippen LogP contribution is 2.31. The Labute approximate surface area is 102 Å². The molecule has 1 N–H and O–H groups in total. The molecule has 0 spiro atoms. The molecular weight excluding hydrogens is 240 g/mol. The fourth-order valence-electron chi connectivity index (χ4n) is 1.04. The van der Waals surface area contributed by atoms with Crippen LogP contribution in [0.1, 0.15) is 34.1 Å². The Morgan fingerprint density at radius 1 is 1.14 bits per heavy atom. The van der Waals surface area contributed by atoms with E-state index in [1.54, 1.807) is 0 Å². The minimum Gasteiger partial charge on any atom is -0.285 e. The molecule has 86 valence electrons. The van der Waals surface area contributed by atoms with Crippen molar-refractivity contribution in [3.63, 3.8) is 0 Å². The van der Waals surface area contributed by atoms with Gasteiger partial charge < -0.3 is 0 Å². The largest absolute Gasteiger partial charge is 0.285 e. The third-order valence-corrected chi connectivity index (χ3v) is 3.81. The molecule has 0 amide bonds. The van der Waals surface area contributed by atoms with Gasteiger partial charge in [-0.25, -0.2) is 0 Å². The highest BCUT2D eigenvalue weighted by atomic mass is 35.5. The Morgan fingerprint density at radius 3 is 2.00 bits per heavy atom. The minimum atomic E-state index is -1.02. The Balaban J connectivity index is 3.94. The maximum absolute atomic E-state index is 6.10. The molecule has 1 nitrogen and oxygen atoms in total. The van der Waals surface area contributed by atoms with Gasteiger partial charge in [0.1, 0.15) is 0 Å². The molecule has 14 heavy (non-hydrogen) atoms. The summed E-state index contributed by atoms with van der Waals surface area (Å²) in [4.78, 5) is 0. The van der Waals surface area contributed by atoms with Gasteiger partial charge in [-0.15, -0.1) is 11.6 Å². The lowest BCUT2D eigenvalue weighted by molar-refractivity contribution is 0.450. The Hall–Kier alpha value is 0.830. The van der Waals surface area contributed by atoms with E-state index >= 15 is 0 Å². The predicted octanol–water partition coefficient (Wildman–Crippen LogP) is 4.02. The molecule has 0 aromatic rings. The molecule has 0 rings (SSSR count). The molecule has 0 aliphatic rings. The maximum Gasteiger partial charge on any atom is 0.185 e. The van der Waals surface area contributed by atoms with Crippen LogP contribution < -0.4 is 5.32 Å². The van der Waals surface area contributed by atoms with Gasteiger partial charge in [-0.1, -0.05) is 50.9 Å². The van der Waals surface area contributed by atoms with Gasteiger partial charge in [0.15, 0.2) is 4.46 Å². The second-order valence-electron chi connectivity index (χ2n) is 4.38. The zero-order chi connectivity index (χ0) is 11.4. The Kier molecular flexibility index (Phi) is 6.80. The lowest BCUT2D eigenvalue weighted by Gasteiger charge is -2.29. The number of alkyl halides is 3. The zero-order valence-electron chi connectivity index (χ0n) is 9.28. The lowest BCUT2D eigenvalue weighted by atomic mass is 10.1. The van der Waals surface area contributed by atoms with Crippen molar-refractivity contribution in [3.8, 4) is 0 Å².